The third kappa shape index (κ3) is 2.87. The van der Waals surface area contributed by atoms with Crippen molar-refractivity contribution in [2.75, 3.05) is 0 Å². The Morgan fingerprint density at radius 3 is 2.86 bits per heavy atom. The fraction of sp³-hybridized carbons (Fsp3) is 0.400. The maximum absolute atomic E-state index is 11.4. The van der Waals surface area contributed by atoms with E-state index in [4.69, 9.17) is 5.14 Å². The molecule has 2 N–H and O–H groups in total. The number of sulfonamides is 1. The lowest BCUT2D eigenvalue weighted by Crippen LogP contribution is -2.16. The quantitative estimate of drug-likeness (QED) is 0.941. The van der Waals surface area contributed by atoms with E-state index in [-0.39, 0.29) is 5.03 Å². The van der Waals surface area contributed by atoms with Gasteiger partial charge in [0, 0.05) is 18.7 Å². The largest absolute Gasteiger partial charge is 0.333 e. The summed E-state index contributed by atoms with van der Waals surface area (Å²) in [5, 5.41) is 5.09. The zero-order valence-corrected chi connectivity index (χ0v) is 12.8. The molecule has 21 heavy (non-hydrogen) atoms. The van der Waals surface area contributed by atoms with Crippen LogP contribution in [0.25, 0.3) is 0 Å². The lowest BCUT2D eigenvalue weighted by Gasteiger charge is -2.26. The number of benzene rings is 1. The summed E-state index contributed by atoms with van der Waals surface area (Å²) in [5.74, 6) is 1.08. The van der Waals surface area contributed by atoms with Crippen LogP contribution < -0.4 is 5.14 Å². The van der Waals surface area contributed by atoms with Crippen LogP contribution in [-0.2, 0) is 23.0 Å². The molecule has 0 fully saturated rings. The number of nitrogens with zero attached hydrogens (tertiary/aromatic N) is 2. The molecule has 2 aromatic rings. The predicted molar refractivity (Wildman–Crippen MR) is 80.5 cm³/mol. The first kappa shape index (κ1) is 14.3. The van der Waals surface area contributed by atoms with Crippen molar-refractivity contribution in [3.05, 3.63) is 47.4 Å². The molecule has 112 valence electrons. The van der Waals surface area contributed by atoms with E-state index in [0.717, 1.165) is 25.8 Å². The molecular formula is C15H19N3O2S. The van der Waals surface area contributed by atoms with Gasteiger partial charge in [0.2, 0.25) is 0 Å². The maximum atomic E-state index is 11.4. The molecule has 3 rings (SSSR count). The lowest BCUT2D eigenvalue weighted by atomic mass is 9.83. The molecule has 1 heterocycles. The van der Waals surface area contributed by atoms with Gasteiger partial charge >= 0.3 is 0 Å². The van der Waals surface area contributed by atoms with Gasteiger partial charge in [-0.25, -0.2) is 18.5 Å². The predicted octanol–water partition coefficient (Wildman–Crippen LogP) is 1.96. The minimum Gasteiger partial charge on any atom is -0.333 e. The number of fused-ring (bicyclic) bond motifs is 1. The molecule has 6 heteroatoms. The standard InChI is InChI=1S/C15H19N3O2S/c1-11-17-15(21(16,19)20)10-18(11)9-13-7-4-6-12-5-2-3-8-14(12)13/h2-3,5,8,10,13H,4,6-7,9H2,1H3,(H2,16,19,20). The summed E-state index contributed by atoms with van der Waals surface area (Å²) in [6, 6.07) is 8.49. The van der Waals surface area contributed by atoms with Crippen molar-refractivity contribution in [2.45, 2.75) is 43.7 Å². The van der Waals surface area contributed by atoms with E-state index in [9.17, 15) is 8.42 Å². The third-order valence-corrected chi connectivity index (χ3v) is 4.94. The Morgan fingerprint density at radius 2 is 2.14 bits per heavy atom. The van der Waals surface area contributed by atoms with Gasteiger partial charge in [-0.2, -0.15) is 0 Å². The number of aromatic nitrogens is 2. The molecule has 0 radical (unpaired) electrons. The zero-order chi connectivity index (χ0) is 15.0. The second-order valence-corrected chi connectivity index (χ2v) is 7.12. The maximum Gasteiger partial charge on any atom is 0.257 e. The molecule has 0 saturated carbocycles. The van der Waals surface area contributed by atoms with Crippen LogP contribution in [0.15, 0.2) is 35.5 Å². The molecule has 1 aliphatic carbocycles. The Hall–Kier alpha value is -1.66. The van der Waals surface area contributed by atoms with Crippen molar-refractivity contribution < 1.29 is 8.42 Å². The number of hydrogen-bond donors (Lipinski definition) is 1. The number of aryl methyl sites for hydroxylation is 2. The molecule has 0 spiro atoms. The van der Waals surface area contributed by atoms with Gasteiger partial charge in [0.25, 0.3) is 10.0 Å². The van der Waals surface area contributed by atoms with E-state index in [2.05, 4.69) is 29.2 Å². The van der Waals surface area contributed by atoms with Crippen LogP contribution in [-0.4, -0.2) is 18.0 Å². The van der Waals surface area contributed by atoms with Gasteiger partial charge in [-0.05, 0) is 37.3 Å². The monoisotopic (exact) mass is 305 g/mol. The first-order valence-corrected chi connectivity index (χ1v) is 8.64. The minimum atomic E-state index is -3.74. The van der Waals surface area contributed by atoms with Gasteiger partial charge in [-0.1, -0.05) is 24.3 Å². The van der Waals surface area contributed by atoms with Crippen molar-refractivity contribution in [2.24, 2.45) is 5.14 Å². The molecule has 5 nitrogen and oxygen atoms in total. The Balaban J connectivity index is 1.90. The van der Waals surface area contributed by atoms with Crippen LogP contribution in [0.3, 0.4) is 0 Å². The van der Waals surface area contributed by atoms with Crippen LogP contribution in [0.2, 0.25) is 0 Å². The number of rotatable bonds is 3. The van der Waals surface area contributed by atoms with Crippen LogP contribution in [0.4, 0.5) is 0 Å². The highest BCUT2D eigenvalue weighted by Gasteiger charge is 2.22. The SMILES string of the molecule is Cc1nc(S(N)(=O)=O)cn1CC1CCCc2ccccc21. The Bertz CT molecular complexity index is 765. The smallest absolute Gasteiger partial charge is 0.257 e. The van der Waals surface area contributed by atoms with Gasteiger partial charge in [0.15, 0.2) is 5.03 Å². The molecule has 1 unspecified atom stereocenters. The van der Waals surface area contributed by atoms with Crippen molar-refractivity contribution in [3.8, 4) is 0 Å². The summed E-state index contributed by atoms with van der Waals surface area (Å²) in [5.41, 5.74) is 2.77. The van der Waals surface area contributed by atoms with E-state index in [1.807, 2.05) is 11.5 Å². The van der Waals surface area contributed by atoms with Crippen molar-refractivity contribution in [1.82, 2.24) is 9.55 Å². The zero-order valence-electron chi connectivity index (χ0n) is 12.0. The second kappa shape index (κ2) is 5.27. The van der Waals surface area contributed by atoms with Crippen LogP contribution in [0.5, 0.6) is 0 Å². The molecule has 1 aliphatic rings. The molecule has 0 saturated heterocycles. The summed E-state index contributed by atoms with van der Waals surface area (Å²) < 4.78 is 24.7. The molecule has 1 atom stereocenters. The fourth-order valence-corrected chi connectivity index (χ4v) is 3.62. The Morgan fingerprint density at radius 1 is 1.38 bits per heavy atom. The average Bonchev–Trinajstić information content (AvgIpc) is 2.81. The number of imidazole rings is 1. The highest BCUT2D eigenvalue weighted by atomic mass is 32.2. The first-order valence-electron chi connectivity index (χ1n) is 7.09. The summed E-state index contributed by atoms with van der Waals surface area (Å²) in [7, 11) is -3.74. The van der Waals surface area contributed by atoms with Gasteiger partial charge in [0.1, 0.15) is 5.82 Å². The highest BCUT2D eigenvalue weighted by molar-refractivity contribution is 7.89. The van der Waals surface area contributed by atoms with Gasteiger partial charge < -0.3 is 4.57 Å². The molecule has 0 bridgehead atoms. The van der Waals surface area contributed by atoms with E-state index >= 15 is 0 Å². The molecule has 1 aromatic heterocycles. The van der Waals surface area contributed by atoms with Crippen LogP contribution >= 0.6 is 0 Å². The van der Waals surface area contributed by atoms with Crippen LogP contribution in [0, 0.1) is 6.92 Å². The number of primary sulfonamides is 1. The van der Waals surface area contributed by atoms with Crippen molar-refractivity contribution >= 4 is 10.0 Å². The van der Waals surface area contributed by atoms with Crippen molar-refractivity contribution in [1.29, 1.82) is 0 Å². The second-order valence-electron chi connectivity index (χ2n) is 5.61. The normalized spacial score (nSPS) is 18.5. The summed E-state index contributed by atoms with van der Waals surface area (Å²) in [4.78, 5) is 4.05. The first-order chi connectivity index (χ1) is 9.95. The number of nitrogens with two attached hydrogens (primary N) is 1. The molecule has 1 aromatic carbocycles. The molecule has 0 aliphatic heterocycles. The topological polar surface area (TPSA) is 78.0 Å². The minimum absolute atomic E-state index is 0.0518. The van der Waals surface area contributed by atoms with E-state index in [0.29, 0.717) is 11.7 Å². The van der Waals surface area contributed by atoms with E-state index in [1.54, 1.807) is 6.20 Å². The Labute approximate surface area is 124 Å². The Kier molecular flexibility index (Phi) is 3.59. The summed E-state index contributed by atoms with van der Waals surface area (Å²) >= 11 is 0. The van der Waals surface area contributed by atoms with E-state index in [1.165, 1.54) is 11.1 Å². The fourth-order valence-electron chi connectivity index (χ4n) is 3.08. The van der Waals surface area contributed by atoms with Crippen molar-refractivity contribution in [3.63, 3.8) is 0 Å². The van der Waals surface area contributed by atoms with Gasteiger partial charge in [0.05, 0.1) is 0 Å². The van der Waals surface area contributed by atoms with Crippen LogP contribution in [0.1, 0.15) is 35.7 Å². The third-order valence-electron chi connectivity index (χ3n) is 4.16. The van der Waals surface area contributed by atoms with Gasteiger partial charge in [-0.15, -0.1) is 0 Å². The van der Waals surface area contributed by atoms with Gasteiger partial charge in [-0.3, -0.25) is 0 Å². The summed E-state index contributed by atoms with van der Waals surface area (Å²) in [6.45, 7) is 2.55. The highest BCUT2D eigenvalue weighted by Crippen LogP contribution is 2.33. The molecule has 0 amide bonds. The molecular weight excluding hydrogens is 286 g/mol. The average molecular weight is 305 g/mol. The lowest BCUT2D eigenvalue weighted by molar-refractivity contribution is 0.477. The number of hydrogen-bond acceptors (Lipinski definition) is 3. The summed E-state index contributed by atoms with van der Waals surface area (Å²) in [6.07, 6.45) is 4.94. The van der Waals surface area contributed by atoms with E-state index < -0.39 is 10.0 Å².